The van der Waals surface area contributed by atoms with E-state index in [4.69, 9.17) is 0 Å². The predicted octanol–water partition coefficient (Wildman–Crippen LogP) is 8.42. The summed E-state index contributed by atoms with van der Waals surface area (Å²) in [7, 11) is 0. The molecule has 1 aliphatic rings. The van der Waals surface area contributed by atoms with E-state index in [0.717, 1.165) is 28.1 Å². The first kappa shape index (κ1) is 19.6. The van der Waals surface area contributed by atoms with Gasteiger partial charge < -0.3 is 5.11 Å². The summed E-state index contributed by atoms with van der Waals surface area (Å²) in [5.74, 6) is 1.77. The van der Waals surface area contributed by atoms with Crippen LogP contribution in [0.25, 0.3) is 10.8 Å². The fraction of sp³-hybridized carbons (Fsp3) is 0.385. The number of hydrogen-bond acceptors (Lipinski definition) is 3. The second-order valence-corrected chi connectivity index (χ2v) is 8.27. The Bertz CT molecular complexity index is 987. The topological polar surface area (TPSA) is 45.0 Å². The molecule has 0 spiro atoms. The number of rotatable bonds is 6. The molecule has 29 heavy (non-hydrogen) atoms. The highest BCUT2D eigenvalue weighted by Gasteiger charge is 2.23. The third kappa shape index (κ3) is 4.50. The van der Waals surface area contributed by atoms with Crippen LogP contribution in [0.15, 0.2) is 70.9 Å². The van der Waals surface area contributed by atoms with Crippen LogP contribution in [-0.2, 0) is 0 Å². The van der Waals surface area contributed by atoms with Gasteiger partial charge in [0.05, 0.1) is 11.4 Å². The van der Waals surface area contributed by atoms with Crippen LogP contribution in [0.2, 0.25) is 0 Å². The van der Waals surface area contributed by atoms with E-state index in [0.29, 0.717) is 5.92 Å². The summed E-state index contributed by atoms with van der Waals surface area (Å²) >= 11 is 0. The van der Waals surface area contributed by atoms with Crippen LogP contribution in [-0.4, -0.2) is 5.11 Å². The van der Waals surface area contributed by atoms with Crippen molar-refractivity contribution in [1.29, 1.82) is 0 Å². The standard InChI is InChI=1S/C26H30N2O/c1-2-3-8-19-13-15-20(16-14-19)21-9-6-7-12-24(21)27-28-25-17-18-26(29)23-11-5-4-10-22(23)25/h4-7,9-12,17-20,29H,2-3,8,13-16H2,1H3. The second-order valence-electron chi connectivity index (χ2n) is 8.27. The van der Waals surface area contributed by atoms with Crippen molar-refractivity contribution in [3.05, 3.63) is 66.2 Å². The molecule has 0 unspecified atom stereocenters. The Morgan fingerprint density at radius 1 is 0.793 bits per heavy atom. The minimum Gasteiger partial charge on any atom is -0.507 e. The van der Waals surface area contributed by atoms with Crippen molar-refractivity contribution in [2.45, 2.75) is 57.8 Å². The molecule has 3 aromatic carbocycles. The summed E-state index contributed by atoms with van der Waals surface area (Å²) in [6.45, 7) is 2.28. The number of aromatic hydroxyl groups is 1. The Hall–Kier alpha value is -2.68. The molecule has 3 nitrogen and oxygen atoms in total. The lowest BCUT2D eigenvalue weighted by atomic mass is 9.77. The highest BCUT2D eigenvalue weighted by molar-refractivity contribution is 5.96. The fourth-order valence-corrected chi connectivity index (χ4v) is 4.64. The first-order valence-electron chi connectivity index (χ1n) is 11.0. The average Bonchev–Trinajstić information content (AvgIpc) is 2.78. The van der Waals surface area contributed by atoms with Crippen LogP contribution in [0.5, 0.6) is 5.75 Å². The molecule has 1 N–H and O–H groups in total. The summed E-state index contributed by atoms with van der Waals surface area (Å²) < 4.78 is 0. The smallest absolute Gasteiger partial charge is 0.123 e. The van der Waals surface area contributed by atoms with E-state index in [1.54, 1.807) is 6.07 Å². The first-order valence-corrected chi connectivity index (χ1v) is 11.0. The highest BCUT2D eigenvalue weighted by Crippen LogP contribution is 2.41. The van der Waals surface area contributed by atoms with Gasteiger partial charge in [0.15, 0.2) is 0 Å². The Kier molecular flexibility index (Phi) is 6.24. The van der Waals surface area contributed by atoms with Crippen LogP contribution >= 0.6 is 0 Å². The minimum absolute atomic E-state index is 0.278. The van der Waals surface area contributed by atoms with Crippen molar-refractivity contribution in [3.8, 4) is 5.75 Å². The maximum Gasteiger partial charge on any atom is 0.123 e. The van der Waals surface area contributed by atoms with E-state index in [-0.39, 0.29) is 5.75 Å². The summed E-state index contributed by atoms with van der Waals surface area (Å²) in [5.41, 5.74) is 3.09. The number of fused-ring (bicyclic) bond motifs is 1. The Labute approximate surface area is 173 Å². The van der Waals surface area contributed by atoms with Gasteiger partial charge in [-0.3, -0.25) is 0 Å². The third-order valence-corrected chi connectivity index (χ3v) is 6.33. The zero-order chi connectivity index (χ0) is 20.1. The number of nitrogens with zero attached hydrogens (tertiary/aromatic N) is 2. The van der Waals surface area contributed by atoms with Gasteiger partial charge in [0.1, 0.15) is 5.75 Å². The molecule has 0 heterocycles. The minimum atomic E-state index is 0.278. The van der Waals surface area contributed by atoms with Crippen molar-refractivity contribution in [3.63, 3.8) is 0 Å². The lowest BCUT2D eigenvalue weighted by Gasteiger charge is -2.29. The van der Waals surface area contributed by atoms with Crippen LogP contribution in [0.1, 0.15) is 63.4 Å². The van der Waals surface area contributed by atoms with E-state index < -0.39 is 0 Å². The Morgan fingerprint density at radius 2 is 1.48 bits per heavy atom. The molecule has 1 aliphatic carbocycles. The second kappa shape index (κ2) is 9.21. The highest BCUT2D eigenvalue weighted by atomic mass is 16.3. The Balaban J connectivity index is 1.55. The number of azo groups is 1. The predicted molar refractivity (Wildman–Crippen MR) is 120 cm³/mol. The normalized spacial score (nSPS) is 19.8. The fourth-order valence-electron chi connectivity index (χ4n) is 4.64. The van der Waals surface area contributed by atoms with Crippen molar-refractivity contribution < 1.29 is 5.11 Å². The largest absolute Gasteiger partial charge is 0.507 e. The zero-order valence-electron chi connectivity index (χ0n) is 17.2. The van der Waals surface area contributed by atoms with E-state index in [1.807, 2.05) is 36.4 Å². The van der Waals surface area contributed by atoms with Gasteiger partial charge in [-0.15, -0.1) is 5.11 Å². The van der Waals surface area contributed by atoms with Gasteiger partial charge >= 0.3 is 0 Å². The number of phenols is 1. The quantitative estimate of drug-likeness (QED) is 0.424. The molecule has 0 saturated heterocycles. The van der Waals surface area contributed by atoms with E-state index >= 15 is 0 Å². The molecule has 150 valence electrons. The van der Waals surface area contributed by atoms with Crippen LogP contribution in [0.3, 0.4) is 0 Å². The zero-order valence-corrected chi connectivity index (χ0v) is 17.2. The molecule has 0 aromatic heterocycles. The van der Waals surface area contributed by atoms with Crippen LogP contribution in [0, 0.1) is 5.92 Å². The van der Waals surface area contributed by atoms with Crippen molar-refractivity contribution in [2.75, 3.05) is 0 Å². The van der Waals surface area contributed by atoms with Crippen molar-refractivity contribution >= 4 is 22.1 Å². The molecule has 0 aliphatic heterocycles. The summed E-state index contributed by atoms with van der Waals surface area (Å²) in [6, 6.07) is 19.8. The molecular weight excluding hydrogens is 356 g/mol. The summed E-state index contributed by atoms with van der Waals surface area (Å²) in [5, 5.41) is 21.0. The number of phenolic OH excluding ortho intramolecular Hbond substituents is 1. The average molecular weight is 387 g/mol. The van der Waals surface area contributed by atoms with Crippen molar-refractivity contribution in [2.24, 2.45) is 16.1 Å². The molecule has 0 bridgehead atoms. The van der Waals surface area contributed by atoms with E-state index in [1.165, 1.54) is 50.5 Å². The number of benzene rings is 3. The molecular formula is C26H30N2O. The molecule has 1 saturated carbocycles. The van der Waals surface area contributed by atoms with Gasteiger partial charge in [-0.1, -0.05) is 68.7 Å². The van der Waals surface area contributed by atoms with E-state index in [2.05, 4.69) is 35.4 Å². The van der Waals surface area contributed by atoms with Crippen LogP contribution < -0.4 is 0 Å². The van der Waals surface area contributed by atoms with Gasteiger partial charge in [-0.25, -0.2) is 0 Å². The molecule has 0 amide bonds. The molecule has 1 fully saturated rings. The van der Waals surface area contributed by atoms with Gasteiger partial charge in [0.25, 0.3) is 0 Å². The van der Waals surface area contributed by atoms with Crippen molar-refractivity contribution in [1.82, 2.24) is 0 Å². The monoisotopic (exact) mass is 386 g/mol. The van der Waals surface area contributed by atoms with Gasteiger partial charge in [-0.2, -0.15) is 5.11 Å². The SMILES string of the molecule is CCCCC1CCC(c2ccccc2N=Nc2ccc(O)c3ccccc23)CC1. The molecule has 0 atom stereocenters. The van der Waals surface area contributed by atoms with Gasteiger partial charge in [0, 0.05) is 10.8 Å². The van der Waals surface area contributed by atoms with Gasteiger partial charge in [-0.05, 0) is 61.3 Å². The third-order valence-electron chi connectivity index (χ3n) is 6.33. The lowest BCUT2D eigenvalue weighted by Crippen LogP contribution is -2.13. The number of unbranched alkanes of at least 4 members (excludes halogenated alkanes) is 1. The van der Waals surface area contributed by atoms with Gasteiger partial charge in [0.2, 0.25) is 0 Å². The first-order chi connectivity index (χ1) is 14.3. The Morgan fingerprint density at radius 3 is 2.28 bits per heavy atom. The van der Waals surface area contributed by atoms with Crippen LogP contribution in [0.4, 0.5) is 11.4 Å². The lowest BCUT2D eigenvalue weighted by molar-refractivity contribution is 0.304. The molecule has 0 radical (unpaired) electrons. The maximum absolute atomic E-state index is 10.1. The molecule has 4 rings (SSSR count). The molecule has 3 heteroatoms. The maximum atomic E-state index is 10.1. The number of hydrogen-bond donors (Lipinski definition) is 1. The van der Waals surface area contributed by atoms with E-state index in [9.17, 15) is 5.11 Å². The molecule has 3 aromatic rings. The summed E-state index contributed by atoms with van der Waals surface area (Å²) in [6.07, 6.45) is 9.22. The summed E-state index contributed by atoms with van der Waals surface area (Å²) in [4.78, 5) is 0.